The number of rotatable bonds is 4. The first-order valence-electron chi connectivity index (χ1n) is 8.35. The highest BCUT2D eigenvalue weighted by Gasteiger charge is 2.61. The molecule has 7 heteroatoms. The van der Waals surface area contributed by atoms with Gasteiger partial charge in [-0.3, -0.25) is 0 Å². The summed E-state index contributed by atoms with van der Waals surface area (Å²) >= 11 is 1.54. The molecule has 140 valence electrons. The zero-order valence-corrected chi connectivity index (χ0v) is 16.0. The molecule has 25 heavy (non-hydrogen) atoms. The highest BCUT2D eigenvalue weighted by molar-refractivity contribution is 7.99. The molecule has 1 aromatic carbocycles. The number of methoxy groups -OCH3 is 2. The Hall–Kier alpha value is -0.670. The molecule has 2 aliphatic heterocycles. The van der Waals surface area contributed by atoms with Gasteiger partial charge < -0.3 is 28.8 Å². The van der Waals surface area contributed by atoms with E-state index < -0.39 is 29.9 Å². The minimum Gasteiger partial charge on any atom is -0.388 e. The van der Waals surface area contributed by atoms with Crippen molar-refractivity contribution in [1.29, 1.82) is 0 Å². The van der Waals surface area contributed by atoms with Crippen LogP contribution in [0.5, 0.6) is 0 Å². The maximum absolute atomic E-state index is 10.6. The van der Waals surface area contributed by atoms with Crippen molar-refractivity contribution in [3.8, 4) is 0 Å². The number of ether oxygens (including phenoxy) is 5. The Morgan fingerprint density at radius 2 is 1.56 bits per heavy atom. The van der Waals surface area contributed by atoms with Crippen molar-refractivity contribution in [3.63, 3.8) is 0 Å². The van der Waals surface area contributed by atoms with Crippen molar-refractivity contribution >= 4 is 11.8 Å². The molecule has 1 aromatic rings. The number of thioether (sulfide) groups is 1. The first-order valence-corrected chi connectivity index (χ1v) is 9.22. The number of aliphatic hydroxyl groups is 1. The van der Waals surface area contributed by atoms with Gasteiger partial charge in [-0.2, -0.15) is 0 Å². The summed E-state index contributed by atoms with van der Waals surface area (Å²) < 4.78 is 29.6. The molecule has 0 aromatic heterocycles. The van der Waals surface area contributed by atoms with Crippen LogP contribution >= 0.6 is 11.8 Å². The third-order valence-electron chi connectivity index (χ3n) is 5.08. The fourth-order valence-electron chi connectivity index (χ4n) is 3.17. The van der Waals surface area contributed by atoms with Crippen molar-refractivity contribution in [2.24, 2.45) is 0 Å². The molecular weight excluding hydrogens is 344 g/mol. The van der Waals surface area contributed by atoms with Crippen LogP contribution in [-0.4, -0.2) is 60.8 Å². The van der Waals surface area contributed by atoms with Crippen LogP contribution in [0.15, 0.2) is 35.2 Å². The normalized spacial score (nSPS) is 44.3. The average Bonchev–Trinajstić information content (AvgIpc) is 2.62. The van der Waals surface area contributed by atoms with Crippen LogP contribution in [0.2, 0.25) is 0 Å². The number of fused-ring (bicyclic) bond motifs is 1. The summed E-state index contributed by atoms with van der Waals surface area (Å²) in [6.45, 7) is 5.34. The molecule has 0 spiro atoms. The summed E-state index contributed by atoms with van der Waals surface area (Å²) in [6.07, 6.45) is -2.31. The summed E-state index contributed by atoms with van der Waals surface area (Å²) in [4.78, 5) is 1.05. The van der Waals surface area contributed by atoms with Crippen LogP contribution < -0.4 is 0 Å². The van der Waals surface area contributed by atoms with Gasteiger partial charge in [-0.1, -0.05) is 30.0 Å². The van der Waals surface area contributed by atoms with Crippen LogP contribution in [-0.2, 0) is 23.7 Å². The fourth-order valence-corrected chi connectivity index (χ4v) is 4.33. The second-order valence-electron chi connectivity index (χ2n) is 6.60. The highest BCUT2D eigenvalue weighted by Crippen LogP contribution is 2.46. The lowest BCUT2D eigenvalue weighted by atomic mass is 9.96. The summed E-state index contributed by atoms with van der Waals surface area (Å²) in [5.41, 5.74) is -0.346. The van der Waals surface area contributed by atoms with Crippen molar-refractivity contribution in [2.45, 2.75) is 67.1 Å². The highest BCUT2D eigenvalue weighted by atomic mass is 32.2. The van der Waals surface area contributed by atoms with E-state index in [1.165, 1.54) is 7.11 Å². The standard InChI is InChI=1S/C18H26O6S/c1-11-13(19)14-15(16(22-11)25-12-9-7-6-8-10-12)24-18(3,21-5)17(2,20-4)23-14/h6-11,13-16,19H,1-5H3/t11-,13-,14+,15-,16+,17-,18-/m0/s1. The van der Waals surface area contributed by atoms with Crippen LogP contribution in [0.4, 0.5) is 0 Å². The molecule has 6 nitrogen and oxygen atoms in total. The van der Waals surface area contributed by atoms with Gasteiger partial charge in [-0.05, 0) is 32.9 Å². The van der Waals surface area contributed by atoms with Gasteiger partial charge in [-0.25, -0.2) is 0 Å². The second kappa shape index (κ2) is 7.15. The Balaban J connectivity index is 1.90. The fraction of sp³-hybridized carbons (Fsp3) is 0.667. The number of hydrogen-bond acceptors (Lipinski definition) is 7. The van der Waals surface area contributed by atoms with Gasteiger partial charge >= 0.3 is 0 Å². The van der Waals surface area contributed by atoms with Gasteiger partial charge in [-0.15, -0.1) is 0 Å². The smallest absolute Gasteiger partial charge is 0.220 e. The van der Waals surface area contributed by atoms with E-state index in [9.17, 15) is 5.11 Å². The molecule has 1 N–H and O–H groups in total. The lowest BCUT2D eigenvalue weighted by molar-refractivity contribution is -0.467. The Kier molecular flexibility index (Phi) is 5.46. The number of benzene rings is 1. The minimum atomic E-state index is -1.15. The molecule has 0 unspecified atom stereocenters. The van der Waals surface area contributed by atoms with Crippen molar-refractivity contribution in [1.82, 2.24) is 0 Å². The molecule has 3 rings (SSSR count). The van der Waals surface area contributed by atoms with Gasteiger partial charge in [0.2, 0.25) is 11.6 Å². The van der Waals surface area contributed by atoms with Crippen LogP contribution in [0, 0.1) is 0 Å². The van der Waals surface area contributed by atoms with E-state index in [0.717, 1.165) is 4.90 Å². The first-order chi connectivity index (χ1) is 11.8. The Labute approximate surface area is 152 Å². The molecule has 2 aliphatic rings. The third-order valence-corrected chi connectivity index (χ3v) is 6.24. The van der Waals surface area contributed by atoms with E-state index in [0.29, 0.717) is 0 Å². The molecule has 0 radical (unpaired) electrons. The molecule has 2 heterocycles. The maximum atomic E-state index is 10.6. The molecule has 0 bridgehead atoms. The summed E-state index contributed by atoms with van der Waals surface area (Å²) in [5.74, 6) is -2.29. The zero-order chi connectivity index (χ0) is 18.2. The van der Waals surface area contributed by atoms with E-state index >= 15 is 0 Å². The molecular formula is C18H26O6S. The average molecular weight is 370 g/mol. The Bertz CT molecular complexity index is 586. The first kappa shape index (κ1) is 19.1. The monoisotopic (exact) mass is 370 g/mol. The van der Waals surface area contributed by atoms with E-state index in [1.54, 1.807) is 32.7 Å². The molecule has 2 saturated heterocycles. The zero-order valence-electron chi connectivity index (χ0n) is 15.2. The second-order valence-corrected chi connectivity index (χ2v) is 7.77. The molecule has 0 amide bonds. The summed E-state index contributed by atoms with van der Waals surface area (Å²) in [6, 6.07) is 9.93. The van der Waals surface area contributed by atoms with Crippen LogP contribution in [0.25, 0.3) is 0 Å². The van der Waals surface area contributed by atoms with Crippen molar-refractivity contribution in [3.05, 3.63) is 30.3 Å². The van der Waals surface area contributed by atoms with Crippen molar-refractivity contribution < 1.29 is 28.8 Å². The summed E-state index contributed by atoms with van der Waals surface area (Å²) in [5, 5.41) is 10.6. The SMILES string of the molecule is CO[C@@]1(C)O[C@@H]2[C@@H](O)[C@H](C)O[C@H](Sc3ccccc3)[C@H]2O[C@]1(C)OC. The number of hydrogen-bond donors (Lipinski definition) is 1. The topological polar surface area (TPSA) is 66.4 Å². The molecule has 0 saturated carbocycles. The van der Waals surface area contributed by atoms with Gasteiger partial charge in [0.25, 0.3) is 0 Å². The van der Waals surface area contributed by atoms with Gasteiger partial charge in [0, 0.05) is 19.1 Å². The van der Waals surface area contributed by atoms with E-state index in [2.05, 4.69) is 0 Å². The quantitative estimate of drug-likeness (QED) is 0.873. The summed E-state index contributed by atoms with van der Waals surface area (Å²) in [7, 11) is 3.08. The number of aliphatic hydroxyl groups excluding tert-OH is 1. The van der Waals surface area contributed by atoms with E-state index in [-0.39, 0.29) is 11.5 Å². The van der Waals surface area contributed by atoms with Gasteiger partial charge in [0.05, 0.1) is 6.10 Å². The predicted octanol–water partition coefficient (Wildman–Crippen LogP) is 2.39. The lowest BCUT2D eigenvalue weighted by Crippen LogP contribution is -2.71. The Morgan fingerprint density at radius 1 is 1.00 bits per heavy atom. The minimum absolute atomic E-state index is 0.346. The van der Waals surface area contributed by atoms with E-state index in [1.807, 2.05) is 37.3 Å². The molecule has 7 atom stereocenters. The molecule has 2 fully saturated rings. The third kappa shape index (κ3) is 3.35. The van der Waals surface area contributed by atoms with Gasteiger partial charge in [0.1, 0.15) is 23.7 Å². The van der Waals surface area contributed by atoms with Crippen molar-refractivity contribution in [2.75, 3.05) is 14.2 Å². The van der Waals surface area contributed by atoms with Gasteiger partial charge in [0.15, 0.2) is 0 Å². The van der Waals surface area contributed by atoms with E-state index in [4.69, 9.17) is 23.7 Å². The predicted molar refractivity (Wildman–Crippen MR) is 93.2 cm³/mol. The molecule has 0 aliphatic carbocycles. The van der Waals surface area contributed by atoms with Crippen LogP contribution in [0.1, 0.15) is 20.8 Å². The lowest BCUT2D eigenvalue weighted by Gasteiger charge is -2.56. The Morgan fingerprint density at radius 3 is 2.12 bits per heavy atom. The largest absolute Gasteiger partial charge is 0.388 e. The van der Waals surface area contributed by atoms with Crippen LogP contribution in [0.3, 0.4) is 0 Å². The maximum Gasteiger partial charge on any atom is 0.220 e.